The molecule has 0 spiro atoms. The lowest BCUT2D eigenvalue weighted by Crippen LogP contribution is -2.32. The van der Waals surface area contributed by atoms with Crippen molar-refractivity contribution in [2.45, 2.75) is 76.5 Å². The molecule has 11 N–H and O–H groups in total. The van der Waals surface area contributed by atoms with Gasteiger partial charge in [0, 0.05) is 23.5 Å². The van der Waals surface area contributed by atoms with Gasteiger partial charge in [0.2, 0.25) is 0 Å². The molecule has 1 aromatic heterocycles. The Kier molecular flexibility index (Phi) is 15.5. The molecule has 2 fully saturated rings. The van der Waals surface area contributed by atoms with E-state index in [0.29, 0.717) is 18.8 Å². The first-order valence-corrected chi connectivity index (χ1v) is 13.3. The summed E-state index contributed by atoms with van der Waals surface area (Å²) in [5.74, 6) is -2.97. The first-order valence-electron chi connectivity index (χ1n) is 13.3. The minimum atomic E-state index is -0.972. The molecule has 13 heteroatoms. The first-order chi connectivity index (χ1) is 18.8. The van der Waals surface area contributed by atoms with Crippen LogP contribution in [0.25, 0.3) is 10.9 Å². The van der Waals surface area contributed by atoms with Crippen LogP contribution in [0.5, 0.6) is 0 Å². The summed E-state index contributed by atoms with van der Waals surface area (Å²) >= 11 is 0. The van der Waals surface area contributed by atoms with Gasteiger partial charge in [0.15, 0.2) is 0 Å². The SMILES string of the molecule is CC(C)CC(N)C(=O)O.NC(Cc1c[nH]c2ccccc12)C(=O)O.O=C(O)[C@@H]1CCCN1.O=C(O)[C@@H]1CCCN1. The van der Waals surface area contributed by atoms with E-state index in [9.17, 15) is 19.2 Å². The van der Waals surface area contributed by atoms with Gasteiger partial charge in [-0.1, -0.05) is 32.0 Å². The number of benzene rings is 1. The van der Waals surface area contributed by atoms with E-state index < -0.39 is 36.0 Å². The van der Waals surface area contributed by atoms with Crippen molar-refractivity contribution in [1.29, 1.82) is 0 Å². The number of nitrogens with one attached hydrogen (secondary N) is 3. The number of nitrogens with two attached hydrogens (primary N) is 2. The lowest BCUT2D eigenvalue weighted by molar-refractivity contribution is -0.140. The number of carboxylic acid groups (broad SMARTS) is 4. The van der Waals surface area contributed by atoms with Gasteiger partial charge in [-0.05, 0) is 62.7 Å². The molecule has 4 rings (SSSR count). The van der Waals surface area contributed by atoms with Crippen LogP contribution in [-0.4, -0.2) is 86.5 Å². The van der Waals surface area contributed by atoms with Crippen molar-refractivity contribution in [3.05, 3.63) is 36.0 Å². The highest BCUT2D eigenvalue weighted by molar-refractivity contribution is 5.84. The van der Waals surface area contributed by atoms with E-state index in [-0.39, 0.29) is 12.1 Å². The Morgan fingerprint density at radius 1 is 0.850 bits per heavy atom. The fraction of sp³-hybridized carbons (Fsp3) is 0.556. The lowest BCUT2D eigenvalue weighted by atomic mass is 10.1. The third-order valence-electron chi connectivity index (χ3n) is 6.19. The molecule has 0 radical (unpaired) electrons. The molecule has 0 saturated carbocycles. The third-order valence-corrected chi connectivity index (χ3v) is 6.19. The Hall–Kier alpha value is -3.52. The summed E-state index contributed by atoms with van der Waals surface area (Å²) < 4.78 is 0. The van der Waals surface area contributed by atoms with Gasteiger partial charge in [0.1, 0.15) is 24.2 Å². The largest absolute Gasteiger partial charge is 0.480 e. The fourth-order valence-corrected chi connectivity index (χ4v) is 4.02. The molecule has 3 heterocycles. The molecule has 40 heavy (non-hydrogen) atoms. The van der Waals surface area contributed by atoms with E-state index in [1.165, 1.54) is 0 Å². The molecule has 2 unspecified atom stereocenters. The summed E-state index contributed by atoms with van der Waals surface area (Å²) in [4.78, 5) is 44.1. The number of hydrogen-bond acceptors (Lipinski definition) is 8. The molecule has 2 aliphatic rings. The summed E-state index contributed by atoms with van der Waals surface area (Å²) in [7, 11) is 0. The van der Waals surface area contributed by atoms with Gasteiger partial charge in [-0.3, -0.25) is 19.2 Å². The van der Waals surface area contributed by atoms with Crippen molar-refractivity contribution in [1.82, 2.24) is 15.6 Å². The van der Waals surface area contributed by atoms with Crippen molar-refractivity contribution in [3.63, 3.8) is 0 Å². The number of H-pyrrole nitrogens is 1. The van der Waals surface area contributed by atoms with E-state index in [4.69, 9.17) is 31.9 Å². The molecule has 4 atom stereocenters. The Bertz CT molecular complexity index is 1050. The van der Waals surface area contributed by atoms with Crippen molar-refractivity contribution in [2.24, 2.45) is 17.4 Å². The van der Waals surface area contributed by atoms with Crippen molar-refractivity contribution >= 4 is 34.8 Å². The normalized spacial score (nSPS) is 19.2. The maximum atomic E-state index is 10.6. The second kappa shape index (κ2) is 17.9. The maximum absolute atomic E-state index is 10.6. The average molecular weight is 566 g/mol. The number of aliphatic carboxylic acids is 4. The number of hydrogen-bond donors (Lipinski definition) is 9. The Balaban J connectivity index is 0.000000280. The molecule has 2 saturated heterocycles. The fourth-order valence-electron chi connectivity index (χ4n) is 4.02. The van der Waals surface area contributed by atoms with E-state index in [0.717, 1.165) is 55.2 Å². The highest BCUT2D eigenvalue weighted by atomic mass is 16.4. The molecule has 0 amide bonds. The number of aromatic amines is 1. The molecule has 2 aromatic rings. The van der Waals surface area contributed by atoms with Crippen LogP contribution in [0, 0.1) is 5.92 Å². The zero-order chi connectivity index (χ0) is 30.2. The first kappa shape index (κ1) is 34.5. The van der Waals surface area contributed by atoms with Gasteiger partial charge in [0.25, 0.3) is 0 Å². The summed E-state index contributed by atoms with van der Waals surface area (Å²) in [6.45, 7) is 5.61. The van der Waals surface area contributed by atoms with Gasteiger partial charge in [0.05, 0.1) is 0 Å². The van der Waals surface area contributed by atoms with Crippen LogP contribution in [0.3, 0.4) is 0 Å². The van der Waals surface area contributed by atoms with E-state index in [1.807, 2.05) is 44.3 Å². The topological polar surface area (TPSA) is 241 Å². The highest BCUT2D eigenvalue weighted by Crippen LogP contribution is 2.18. The molecule has 1 aromatic carbocycles. The standard InChI is InChI=1S/C11H12N2O2.C6H13NO2.2C5H9NO2/c12-9(11(14)15)5-7-6-13-10-4-2-1-3-8(7)10;1-4(2)3-5(7)6(8)9;2*7-5(8)4-2-1-3-6-4/h1-4,6,9,13H,5,12H2,(H,14,15);4-5H,3,7H2,1-2H3,(H,8,9);2*4,6H,1-3H2,(H,7,8)/t;;2*4-/m..00/s1. The molecule has 0 aliphatic carbocycles. The van der Waals surface area contributed by atoms with Crippen LogP contribution in [0.2, 0.25) is 0 Å². The molecular formula is C27H43N5O8. The second-order valence-electron chi connectivity index (χ2n) is 10.1. The molecule has 0 bridgehead atoms. The van der Waals surface area contributed by atoms with Gasteiger partial charge in [-0.25, -0.2) is 0 Å². The predicted octanol–water partition coefficient (Wildman–Crippen LogP) is 1.21. The van der Waals surface area contributed by atoms with E-state index in [1.54, 1.807) is 0 Å². The number of aromatic nitrogens is 1. The van der Waals surface area contributed by atoms with Crippen LogP contribution >= 0.6 is 0 Å². The van der Waals surface area contributed by atoms with Gasteiger partial charge >= 0.3 is 23.9 Å². The molecule has 13 nitrogen and oxygen atoms in total. The van der Waals surface area contributed by atoms with E-state index in [2.05, 4.69) is 15.6 Å². The van der Waals surface area contributed by atoms with Crippen molar-refractivity contribution < 1.29 is 39.6 Å². The molecule has 224 valence electrons. The minimum Gasteiger partial charge on any atom is -0.480 e. The van der Waals surface area contributed by atoms with Crippen LogP contribution in [0.4, 0.5) is 0 Å². The Morgan fingerprint density at radius 2 is 1.35 bits per heavy atom. The summed E-state index contributed by atoms with van der Waals surface area (Å²) in [6, 6.07) is 5.69. The molecular weight excluding hydrogens is 522 g/mol. The monoisotopic (exact) mass is 565 g/mol. The summed E-state index contributed by atoms with van der Waals surface area (Å²) in [5.41, 5.74) is 12.7. The van der Waals surface area contributed by atoms with Crippen molar-refractivity contribution in [3.8, 4) is 0 Å². The van der Waals surface area contributed by atoms with Crippen LogP contribution in [-0.2, 0) is 25.6 Å². The Morgan fingerprint density at radius 3 is 1.70 bits per heavy atom. The second-order valence-corrected chi connectivity index (χ2v) is 10.1. The highest BCUT2D eigenvalue weighted by Gasteiger charge is 2.21. The number of fused-ring (bicyclic) bond motifs is 1. The quantitative estimate of drug-likeness (QED) is 0.219. The van der Waals surface area contributed by atoms with Gasteiger partial charge < -0.3 is 47.5 Å². The average Bonchev–Trinajstić information content (AvgIpc) is 3.67. The summed E-state index contributed by atoms with van der Waals surface area (Å²) in [5, 5.41) is 40.5. The predicted molar refractivity (Wildman–Crippen MR) is 150 cm³/mol. The van der Waals surface area contributed by atoms with Crippen LogP contribution < -0.4 is 22.1 Å². The lowest BCUT2D eigenvalue weighted by Gasteiger charge is -2.07. The number of carboxylic acids is 4. The number of rotatable bonds is 8. The third kappa shape index (κ3) is 13.0. The zero-order valence-electron chi connectivity index (χ0n) is 23.0. The smallest absolute Gasteiger partial charge is 0.320 e. The number of carbonyl (C=O) groups is 4. The van der Waals surface area contributed by atoms with Gasteiger partial charge in [-0.2, -0.15) is 0 Å². The van der Waals surface area contributed by atoms with Crippen LogP contribution in [0.15, 0.2) is 30.5 Å². The molecule has 2 aliphatic heterocycles. The van der Waals surface area contributed by atoms with Crippen LogP contribution in [0.1, 0.15) is 51.5 Å². The summed E-state index contributed by atoms with van der Waals surface area (Å²) in [6.07, 6.45) is 6.28. The minimum absolute atomic E-state index is 0.269. The van der Waals surface area contributed by atoms with E-state index >= 15 is 0 Å². The number of para-hydroxylation sites is 1. The Labute approximate surface area is 233 Å². The van der Waals surface area contributed by atoms with Crippen molar-refractivity contribution in [2.75, 3.05) is 13.1 Å². The van der Waals surface area contributed by atoms with Gasteiger partial charge in [-0.15, -0.1) is 0 Å². The zero-order valence-corrected chi connectivity index (χ0v) is 23.0. The maximum Gasteiger partial charge on any atom is 0.320 e.